The van der Waals surface area contributed by atoms with Crippen molar-refractivity contribution in [2.75, 3.05) is 65.9 Å². The Bertz CT molecular complexity index is 1550. The maximum absolute atomic E-state index is 13.7. The fourth-order valence-corrected chi connectivity index (χ4v) is 8.74. The first kappa shape index (κ1) is 77.0. The predicted octanol–water partition coefficient (Wildman–Crippen LogP) is 18.5. The number of esters is 3. The van der Waals surface area contributed by atoms with E-state index in [1.54, 1.807) is 0 Å². The van der Waals surface area contributed by atoms with Crippen molar-refractivity contribution in [3.05, 3.63) is 72.9 Å². The summed E-state index contributed by atoms with van der Waals surface area (Å²) in [4.78, 5) is 55.8. The molecule has 0 aliphatic carbocycles. The van der Waals surface area contributed by atoms with Gasteiger partial charge in [-0.15, -0.1) is 0 Å². The molecule has 0 rings (SSSR count). The average Bonchev–Trinajstić information content (AvgIpc) is 3.48. The lowest BCUT2D eigenvalue weighted by Gasteiger charge is -2.31. The molecule has 0 aliphatic heterocycles. The minimum atomic E-state index is -1.40. The maximum Gasteiger partial charge on any atom is 0.508 e. The van der Waals surface area contributed by atoms with Gasteiger partial charge in [0, 0.05) is 39.0 Å². The quantitative estimate of drug-likeness (QED) is 0.0188. The number of carbonyl (C=O) groups excluding carboxylic acids is 4. The van der Waals surface area contributed by atoms with Crippen molar-refractivity contribution >= 4 is 24.1 Å². The summed E-state index contributed by atoms with van der Waals surface area (Å²) < 4.78 is 41.3. The normalized spacial score (nSPS) is 12.3. The number of carbonyl (C=O) groups is 4. The molecule has 468 valence electrons. The molecule has 12 heteroatoms. The largest absolute Gasteiger partial charge is 0.508 e. The van der Waals surface area contributed by atoms with Crippen molar-refractivity contribution < 1.29 is 52.3 Å². The van der Waals surface area contributed by atoms with Gasteiger partial charge in [-0.2, -0.15) is 0 Å². The van der Waals surface area contributed by atoms with Crippen LogP contribution >= 0.6 is 0 Å². The second-order valence-corrected chi connectivity index (χ2v) is 21.7. The van der Waals surface area contributed by atoms with Crippen LogP contribution in [0.4, 0.5) is 4.79 Å². The standard InChI is InChI=1S/C69H121NO11/c1-7-13-17-21-25-27-29-31-33-35-37-39-41-43-47-52-64(71)78-60-69(63-81-68(74)77-59-51-56-70(11-5)12-6,61-79-65(72)53-48-44-42-40-38-36-34-32-30-28-26-22-18-14-8-2)62-80-66(73)54-55-67(75-57-49-45-23-19-15-9-3)76-58-50-46-24-20-16-10-4/h15-16,19-20,25-28,31-34,67H,7-14,17-18,21-24,29-30,35-63H2,1-6H3/b19-15-,20-16-,27-25-,28-26-,33-31-,34-32-. The first-order chi connectivity index (χ1) is 39.7. The Hall–Kier alpha value is -4.00. The minimum Gasteiger partial charge on any atom is -0.465 e. The molecule has 0 aromatic heterocycles. The predicted molar refractivity (Wildman–Crippen MR) is 335 cm³/mol. The van der Waals surface area contributed by atoms with E-state index in [0.717, 1.165) is 161 Å². The zero-order valence-electron chi connectivity index (χ0n) is 52.8. The summed E-state index contributed by atoms with van der Waals surface area (Å²) in [6, 6.07) is 0. The van der Waals surface area contributed by atoms with Crippen LogP contribution in [-0.2, 0) is 47.5 Å². The van der Waals surface area contributed by atoms with E-state index < -0.39 is 35.8 Å². The Kier molecular flexibility index (Phi) is 57.6. The monoisotopic (exact) mass is 1140 g/mol. The van der Waals surface area contributed by atoms with Crippen LogP contribution in [0.2, 0.25) is 0 Å². The van der Waals surface area contributed by atoms with Crippen molar-refractivity contribution in [3.63, 3.8) is 0 Å². The molecule has 0 saturated heterocycles. The Morgan fingerprint density at radius 1 is 0.370 bits per heavy atom. The van der Waals surface area contributed by atoms with Crippen LogP contribution in [-0.4, -0.2) is 101 Å². The molecule has 0 aromatic rings. The average molecular weight is 1140 g/mol. The van der Waals surface area contributed by atoms with Gasteiger partial charge >= 0.3 is 24.1 Å². The van der Waals surface area contributed by atoms with Crippen LogP contribution in [0.25, 0.3) is 0 Å². The van der Waals surface area contributed by atoms with Crippen LogP contribution in [0.3, 0.4) is 0 Å². The summed E-state index contributed by atoms with van der Waals surface area (Å²) >= 11 is 0. The molecule has 81 heavy (non-hydrogen) atoms. The molecule has 0 bridgehead atoms. The second-order valence-electron chi connectivity index (χ2n) is 21.7. The molecule has 0 amide bonds. The molecule has 0 radical (unpaired) electrons. The zero-order chi connectivity index (χ0) is 59.2. The molecule has 0 heterocycles. The fraction of sp³-hybridized carbons (Fsp3) is 0.768. The summed E-state index contributed by atoms with van der Waals surface area (Å²) in [5.74, 6) is -1.38. The van der Waals surface area contributed by atoms with E-state index in [1.807, 2.05) is 0 Å². The highest BCUT2D eigenvalue weighted by atomic mass is 16.7. The number of nitrogens with zero attached hydrogens (tertiary/aromatic N) is 1. The van der Waals surface area contributed by atoms with E-state index in [4.69, 9.17) is 33.2 Å². The van der Waals surface area contributed by atoms with E-state index >= 15 is 0 Å². The Morgan fingerprint density at radius 2 is 0.741 bits per heavy atom. The Morgan fingerprint density at radius 3 is 1.16 bits per heavy atom. The molecule has 0 N–H and O–H groups in total. The van der Waals surface area contributed by atoms with Crippen LogP contribution in [0, 0.1) is 5.41 Å². The molecule has 0 spiro atoms. The number of unbranched alkanes of at least 4 members (excludes halogenated alkanes) is 20. The Labute approximate surface area is 496 Å². The van der Waals surface area contributed by atoms with Crippen LogP contribution < -0.4 is 0 Å². The summed E-state index contributed by atoms with van der Waals surface area (Å²) in [5.41, 5.74) is -1.40. The van der Waals surface area contributed by atoms with E-state index in [1.165, 1.54) is 38.5 Å². The van der Waals surface area contributed by atoms with Crippen molar-refractivity contribution in [2.24, 2.45) is 5.41 Å². The van der Waals surface area contributed by atoms with E-state index in [-0.39, 0.29) is 58.7 Å². The number of hydrogen-bond acceptors (Lipinski definition) is 12. The zero-order valence-corrected chi connectivity index (χ0v) is 52.8. The van der Waals surface area contributed by atoms with Crippen molar-refractivity contribution in [3.8, 4) is 0 Å². The minimum absolute atomic E-state index is 0.00607. The van der Waals surface area contributed by atoms with Crippen molar-refractivity contribution in [2.45, 2.75) is 273 Å². The molecule has 0 fully saturated rings. The van der Waals surface area contributed by atoms with Gasteiger partial charge in [-0.25, -0.2) is 4.79 Å². The smallest absolute Gasteiger partial charge is 0.465 e. The molecule has 12 nitrogen and oxygen atoms in total. The van der Waals surface area contributed by atoms with E-state index in [9.17, 15) is 19.2 Å². The molecule has 0 atom stereocenters. The van der Waals surface area contributed by atoms with Gasteiger partial charge in [0.25, 0.3) is 0 Å². The first-order valence-electron chi connectivity index (χ1n) is 32.8. The van der Waals surface area contributed by atoms with E-state index in [0.29, 0.717) is 32.5 Å². The first-order valence-corrected chi connectivity index (χ1v) is 32.8. The summed E-state index contributed by atoms with van der Waals surface area (Å²) in [7, 11) is 0. The fourth-order valence-electron chi connectivity index (χ4n) is 8.74. The number of hydrogen-bond donors (Lipinski definition) is 0. The van der Waals surface area contributed by atoms with Crippen LogP contribution in [0.5, 0.6) is 0 Å². The lowest BCUT2D eigenvalue weighted by Crippen LogP contribution is -2.44. The lowest BCUT2D eigenvalue weighted by atomic mass is 9.92. The number of ether oxygens (including phenoxy) is 7. The summed E-state index contributed by atoms with van der Waals surface area (Å²) in [5, 5.41) is 0. The van der Waals surface area contributed by atoms with Crippen LogP contribution in [0.15, 0.2) is 72.9 Å². The molecular weight excluding hydrogens is 1020 g/mol. The third kappa shape index (κ3) is 53.7. The van der Waals surface area contributed by atoms with Crippen molar-refractivity contribution in [1.82, 2.24) is 4.90 Å². The molecule has 0 saturated carbocycles. The van der Waals surface area contributed by atoms with Gasteiger partial charge in [0.2, 0.25) is 0 Å². The highest BCUT2D eigenvalue weighted by Crippen LogP contribution is 2.24. The van der Waals surface area contributed by atoms with Gasteiger partial charge < -0.3 is 38.1 Å². The SMILES string of the molecule is CC/C=C\CCCCOC(CCC(=O)OCC(COC(=O)CCCCCCC/C=C\C/C=C\CCCCC)(COC(=O)CCCCCCC/C=C\C/C=C\CCCCC)COC(=O)OCCCN(CC)CC)OCCCC/C=C\CC. The third-order valence-electron chi connectivity index (χ3n) is 14.0. The van der Waals surface area contributed by atoms with Gasteiger partial charge in [0.1, 0.15) is 31.8 Å². The molecule has 0 unspecified atom stereocenters. The van der Waals surface area contributed by atoms with Crippen LogP contribution in [0.1, 0.15) is 266 Å². The topological polar surface area (TPSA) is 136 Å². The van der Waals surface area contributed by atoms with Gasteiger partial charge in [-0.3, -0.25) is 14.4 Å². The molecule has 0 aliphatic rings. The molecule has 0 aromatic carbocycles. The second kappa shape index (κ2) is 60.6. The highest BCUT2D eigenvalue weighted by molar-refractivity contribution is 5.70. The Balaban J connectivity index is 5.94. The number of rotatable bonds is 59. The van der Waals surface area contributed by atoms with Gasteiger partial charge in [0.05, 0.1) is 13.0 Å². The van der Waals surface area contributed by atoms with E-state index in [2.05, 4.69) is 119 Å². The summed E-state index contributed by atoms with van der Waals surface area (Å²) in [6.07, 6.45) is 57.7. The number of allylic oxidation sites excluding steroid dienone is 12. The van der Waals surface area contributed by atoms with Gasteiger partial charge in [0.15, 0.2) is 6.29 Å². The lowest BCUT2D eigenvalue weighted by molar-refractivity contribution is -0.170. The summed E-state index contributed by atoms with van der Waals surface area (Å²) in [6.45, 7) is 15.3. The molecular formula is C69H121NO11. The highest BCUT2D eigenvalue weighted by Gasteiger charge is 2.38. The third-order valence-corrected chi connectivity index (χ3v) is 14.0. The van der Waals surface area contributed by atoms with Gasteiger partial charge in [-0.1, -0.05) is 179 Å². The van der Waals surface area contributed by atoms with Crippen molar-refractivity contribution in [1.29, 1.82) is 0 Å². The van der Waals surface area contributed by atoms with Gasteiger partial charge in [-0.05, 0) is 148 Å². The maximum atomic E-state index is 13.7.